The maximum atomic E-state index is 6.59. The summed E-state index contributed by atoms with van der Waals surface area (Å²) in [6.45, 7) is 4.39. The van der Waals surface area contributed by atoms with E-state index >= 15 is 0 Å². The van der Waals surface area contributed by atoms with E-state index in [1.165, 1.54) is 31.7 Å². The first kappa shape index (κ1) is 14.3. The number of hydrogen-bond acceptors (Lipinski definition) is 2. The predicted molar refractivity (Wildman–Crippen MR) is 93.1 cm³/mol. The average Bonchev–Trinajstić information content (AvgIpc) is 2.97. The summed E-state index contributed by atoms with van der Waals surface area (Å²) in [6, 6.07) is 17.5. The first-order valence-corrected chi connectivity index (χ1v) is 8.40. The lowest BCUT2D eigenvalue weighted by atomic mass is 9.95. The van der Waals surface area contributed by atoms with Crippen LogP contribution in [0.5, 0.6) is 0 Å². The van der Waals surface area contributed by atoms with E-state index in [2.05, 4.69) is 62.4 Å². The molecule has 2 heteroatoms. The molecule has 0 radical (unpaired) electrons. The Bertz CT molecular complexity index is 724. The molecule has 0 spiro atoms. The minimum atomic E-state index is -0.0242. The number of nitrogens with two attached hydrogens (primary N) is 1. The fourth-order valence-corrected chi connectivity index (χ4v) is 3.87. The quantitative estimate of drug-likeness (QED) is 0.714. The van der Waals surface area contributed by atoms with E-state index in [1.54, 1.807) is 0 Å². The molecule has 0 bridgehead atoms. The minimum Gasteiger partial charge on any atom is -0.320 e. The molecule has 0 saturated carbocycles. The van der Waals surface area contributed by atoms with E-state index in [1.807, 2.05) is 11.3 Å². The van der Waals surface area contributed by atoms with Gasteiger partial charge in [0, 0.05) is 9.58 Å². The van der Waals surface area contributed by atoms with Crippen molar-refractivity contribution in [1.82, 2.24) is 0 Å². The Hall–Kier alpha value is -1.64. The van der Waals surface area contributed by atoms with Gasteiger partial charge in [0.25, 0.3) is 0 Å². The highest BCUT2D eigenvalue weighted by Gasteiger charge is 2.15. The summed E-state index contributed by atoms with van der Waals surface area (Å²) in [5.41, 5.74) is 10.6. The fourth-order valence-electron chi connectivity index (χ4n) is 2.78. The van der Waals surface area contributed by atoms with E-state index in [0.717, 1.165) is 12.8 Å². The van der Waals surface area contributed by atoms with Gasteiger partial charge >= 0.3 is 0 Å². The van der Waals surface area contributed by atoms with Crippen LogP contribution in [0.4, 0.5) is 0 Å². The lowest BCUT2D eigenvalue weighted by Crippen LogP contribution is -2.13. The maximum Gasteiger partial charge on any atom is 0.0649 e. The summed E-state index contributed by atoms with van der Waals surface area (Å²) in [5, 5.41) is 1.29. The lowest BCUT2D eigenvalue weighted by molar-refractivity contribution is 0.863. The van der Waals surface area contributed by atoms with Crippen LogP contribution in [-0.2, 0) is 12.8 Å². The molecule has 0 aliphatic rings. The summed E-state index contributed by atoms with van der Waals surface area (Å²) in [6.07, 6.45) is 2.08. The second kappa shape index (κ2) is 6.00. The van der Waals surface area contributed by atoms with Crippen molar-refractivity contribution in [3.8, 4) is 0 Å². The first-order chi connectivity index (χ1) is 10.2. The molecule has 3 rings (SSSR count). The van der Waals surface area contributed by atoms with Crippen LogP contribution >= 0.6 is 11.3 Å². The molecule has 1 nitrogen and oxygen atoms in total. The Kier molecular flexibility index (Phi) is 4.09. The van der Waals surface area contributed by atoms with Crippen molar-refractivity contribution in [2.75, 3.05) is 0 Å². The highest BCUT2D eigenvalue weighted by atomic mass is 32.1. The van der Waals surface area contributed by atoms with Gasteiger partial charge in [0.15, 0.2) is 0 Å². The monoisotopic (exact) mass is 295 g/mol. The van der Waals surface area contributed by atoms with Gasteiger partial charge in [-0.2, -0.15) is 0 Å². The van der Waals surface area contributed by atoms with Crippen LogP contribution < -0.4 is 5.73 Å². The number of thiophene rings is 1. The summed E-state index contributed by atoms with van der Waals surface area (Å²) >= 11 is 1.81. The summed E-state index contributed by atoms with van der Waals surface area (Å²) in [7, 11) is 0. The van der Waals surface area contributed by atoms with Gasteiger partial charge in [-0.15, -0.1) is 11.3 Å². The van der Waals surface area contributed by atoms with Crippen molar-refractivity contribution in [2.45, 2.75) is 32.7 Å². The van der Waals surface area contributed by atoms with Crippen LogP contribution in [0, 0.1) is 0 Å². The summed E-state index contributed by atoms with van der Waals surface area (Å²) in [4.78, 5) is 1.25. The third-order valence-electron chi connectivity index (χ3n) is 4.09. The van der Waals surface area contributed by atoms with Gasteiger partial charge in [-0.05, 0) is 47.1 Å². The zero-order chi connectivity index (χ0) is 14.8. The van der Waals surface area contributed by atoms with Crippen LogP contribution in [0.3, 0.4) is 0 Å². The Balaban J connectivity index is 2.06. The Labute approximate surface area is 130 Å². The Morgan fingerprint density at radius 2 is 1.81 bits per heavy atom. The fraction of sp³-hybridized carbons (Fsp3) is 0.263. The molecule has 0 fully saturated rings. The highest BCUT2D eigenvalue weighted by molar-refractivity contribution is 7.19. The van der Waals surface area contributed by atoms with Crippen LogP contribution in [0.2, 0.25) is 0 Å². The van der Waals surface area contributed by atoms with Gasteiger partial charge in [0.2, 0.25) is 0 Å². The average molecular weight is 295 g/mol. The highest BCUT2D eigenvalue weighted by Crippen LogP contribution is 2.33. The minimum absolute atomic E-state index is 0.0242. The largest absolute Gasteiger partial charge is 0.320 e. The van der Waals surface area contributed by atoms with Crippen molar-refractivity contribution < 1.29 is 0 Å². The molecule has 1 heterocycles. The zero-order valence-corrected chi connectivity index (χ0v) is 13.4. The van der Waals surface area contributed by atoms with Crippen LogP contribution in [-0.4, -0.2) is 0 Å². The van der Waals surface area contributed by atoms with Crippen molar-refractivity contribution in [1.29, 1.82) is 0 Å². The van der Waals surface area contributed by atoms with Gasteiger partial charge in [-0.1, -0.05) is 50.2 Å². The zero-order valence-electron chi connectivity index (χ0n) is 12.6. The van der Waals surface area contributed by atoms with Crippen molar-refractivity contribution in [3.63, 3.8) is 0 Å². The van der Waals surface area contributed by atoms with Crippen molar-refractivity contribution in [3.05, 3.63) is 70.1 Å². The second-order valence-electron chi connectivity index (χ2n) is 5.40. The normalized spacial score (nSPS) is 12.7. The van der Waals surface area contributed by atoms with Gasteiger partial charge in [-0.25, -0.2) is 0 Å². The molecule has 0 saturated heterocycles. The molecule has 2 aromatic carbocycles. The van der Waals surface area contributed by atoms with Crippen LogP contribution in [0.25, 0.3) is 10.1 Å². The topological polar surface area (TPSA) is 26.0 Å². The Morgan fingerprint density at radius 3 is 2.52 bits per heavy atom. The molecule has 0 amide bonds. The van der Waals surface area contributed by atoms with Crippen LogP contribution in [0.15, 0.2) is 48.5 Å². The van der Waals surface area contributed by atoms with E-state index < -0.39 is 0 Å². The van der Waals surface area contributed by atoms with Gasteiger partial charge in [0.05, 0.1) is 6.04 Å². The molecule has 1 unspecified atom stereocenters. The number of rotatable bonds is 4. The van der Waals surface area contributed by atoms with Gasteiger partial charge < -0.3 is 5.73 Å². The molecule has 1 atom stereocenters. The first-order valence-electron chi connectivity index (χ1n) is 7.58. The van der Waals surface area contributed by atoms with E-state index in [9.17, 15) is 0 Å². The summed E-state index contributed by atoms with van der Waals surface area (Å²) < 4.78 is 1.31. The second-order valence-corrected chi connectivity index (χ2v) is 6.52. The number of benzene rings is 2. The smallest absolute Gasteiger partial charge is 0.0649 e. The van der Waals surface area contributed by atoms with E-state index in [0.29, 0.717) is 0 Å². The van der Waals surface area contributed by atoms with Gasteiger partial charge in [0.1, 0.15) is 0 Å². The molecular formula is C19H21NS. The molecule has 2 N–H and O–H groups in total. The number of fused-ring (bicyclic) bond motifs is 1. The SMILES string of the molecule is CCc1ccc(CC)c(C(N)c2cc3ccccc3s2)c1. The van der Waals surface area contributed by atoms with E-state index in [-0.39, 0.29) is 6.04 Å². The van der Waals surface area contributed by atoms with Gasteiger partial charge in [-0.3, -0.25) is 0 Å². The van der Waals surface area contributed by atoms with E-state index in [4.69, 9.17) is 5.73 Å². The number of hydrogen-bond donors (Lipinski definition) is 1. The molecule has 0 aliphatic heterocycles. The van der Waals surface area contributed by atoms with Crippen molar-refractivity contribution >= 4 is 21.4 Å². The van der Waals surface area contributed by atoms with Crippen molar-refractivity contribution in [2.24, 2.45) is 5.73 Å². The Morgan fingerprint density at radius 1 is 1.00 bits per heavy atom. The third kappa shape index (κ3) is 2.74. The van der Waals surface area contributed by atoms with Crippen LogP contribution in [0.1, 0.15) is 41.5 Å². The molecule has 21 heavy (non-hydrogen) atoms. The molecular weight excluding hydrogens is 274 g/mol. The standard InChI is InChI=1S/C19H21NS/c1-3-13-9-10-14(4-2)16(11-13)19(20)18-12-15-7-5-6-8-17(15)21-18/h5-12,19H,3-4,20H2,1-2H3. The predicted octanol–water partition coefficient (Wildman–Crippen LogP) is 5.07. The molecule has 1 aromatic heterocycles. The third-order valence-corrected chi connectivity index (χ3v) is 5.28. The summed E-state index contributed by atoms with van der Waals surface area (Å²) in [5.74, 6) is 0. The number of aryl methyl sites for hydroxylation is 2. The maximum absolute atomic E-state index is 6.59. The molecule has 3 aromatic rings. The molecule has 108 valence electrons. The lowest BCUT2D eigenvalue weighted by Gasteiger charge is -2.16. The molecule has 0 aliphatic carbocycles.